The number of benzene rings is 3. The van der Waals surface area contributed by atoms with E-state index in [2.05, 4.69) is 21.3 Å². The zero-order valence-corrected chi connectivity index (χ0v) is 33.8. The fourth-order valence-electron chi connectivity index (χ4n) is 7.52. The van der Waals surface area contributed by atoms with Crippen molar-refractivity contribution in [2.75, 3.05) is 18.5 Å². The van der Waals surface area contributed by atoms with E-state index in [4.69, 9.17) is 4.74 Å². The summed E-state index contributed by atoms with van der Waals surface area (Å²) in [7, 11) is 0. The number of para-hydroxylation sites is 1. The molecule has 3 aromatic rings. The number of anilines is 1. The number of carbonyl (C=O) groups is 7. The Morgan fingerprint density at radius 2 is 1.57 bits per heavy atom. The summed E-state index contributed by atoms with van der Waals surface area (Å²) < 4.78 is 5.34. The predicted octanol–water partition coefficient (Wildman–Crippen LogP) is 3.89. The number of ketones is 1. The minimum absolute atomic E-state index is 0.00973. The van der Waals surface area contributed by atoms with Crippen molar-refractivity contribution in [1.29, 1.82) is 0 Å². The number of carboxylic acids is 1. The van der Waals surface area contributed by atoms with Gasteiger partial charge in [-0.1, -0.05) is 74.0 Å². The Morgan fingerprint density at radius 1 is 0.862 bits per heavy atom. The molecule has 3 aromatic carbocycles. The number of nitrogens with one attached hydrogen (secondary N) is 4. The van der Waals surface area contributed by atoms with E-state index in [1.807, 2.05) is 49.4 Å². The fourth-order valence-corrected chi connectivity index (χ4v) is 7.52. The molecule has 5 rings (SSSR count). The van der Waals surface area contributed by atoms with Crippen LogP contribution >= 0.6 is 0 Å². The highest BCUT2D eigenvalue weighted by atomic mass is 16.5. The molecule has 2 aliphatic heterocycles. The van der Waals surface area contributed by atoms with Gasteiger partial charge >= 0.3 is 11.9 Å². The van der Waals surface area contributed by atoms with E-state index in [1.54, 1.807) is 45.9 Å². The first kappa shape index (κ1) is 43.1. The summed E-state index contributed by atoms with van der Waals surface area (Å²) in [4.78, 5) is 95.0. The number of ether oxygens (including phenoxy) is 1. The van der Waals surface area contributed by atoms with Crippen molar-refractivity contribution in [3.63, 3.8) is 0 Å². The number of carbonyl (C=O) groups excluding carboxylic acids is 6. The first-order chi connectivity index (χ1) is 27.5. The maximum atomic E-state index is 14.6. The van der Waals surface area contributed by atoms with Crippen molar-refractivity contribution < 1.29 is 43.4 Å². The van der Waals surface area contributed by atoms with Gasteiger partial charge in [0.05, 0.1) is 11.6 Å². The van der Waals surface area contributed by atoms with Crippen molar-refractivity contribution in [2.45, 2.75) is 104 Å². The van der Waals surface area contributed by atoms with Gasteiger partial charge in [0.25, 0.3) is 0 Å². The molecule has 5 atom stereocenters. The molecule has 5 N–H and O–H groups in total. The number of esters is 1. The smallest absolute Gasteiger partial charge is 0.339 e. The quantitative estimate of drug-likeness (QED) is 0.133. The Kier molecular flexibility index (Phi) is 14.1. The average molecular weight is 796 g/mol. The maximum absolute atomic E-state index is 14.6. The zero-order chi connectivity index (χ0) is 42.3. The van der Waals surface area contributed by atoms with Crippen LogP contribution in [0.25, 0.3) is 0 Å². The van der Waals surface area contributed by atoms with E-state index in [-0.39, 0.29) is 25.8 Å². The molecule has 0 saturated carbocycles. The van der Waals surface area contributed by atoms with Crippen LogP contribution in [-0.4, -0.2) is 88.7 Å². The van der Waals surface area contributed by atoms with E-state index in [0.29, 0.717) is 35.1 Å². The minimum atomic E-state index is -1.16. The average Bonchev–Trinajstić information content (AvgIpc) is 3.62. The van der Waals surface area contributed by atoms with E-state index in [0.717, 1.165) is 22.4 Å². The third-order valence-electron chi connectivity index (χ3n) is 10.8. The molecule has 0 saturated heterocycles. The summed E-state index contributed by atoms with van der Waals surface area (Å²) in [6.45, 7) is 9.99. The van der Waals surface area contributed by atoms with E-state index in [9.17, 15) is 38.7 Å². The molecule has 2 heterocycles. The van der Waals surface area contributed by atoms with Crippen molar-refractivity contribution >= 4 is 47.0 Å². The Balaban J connectivity index is 1.32. The van der Waals surface area contributed by atoms with Gasteiger partial charge in [0, 0.05) is 25.1 Å². The molecule has 0 bridgehead atoms. The highest BCUT2D eigenvalue weighted by Gasteiger charge is 2.41. The van der Waals surface area contributed by atoms with Gasteiger partial charge in [-0.15, -0.1) is 0 Å². The van der Waals surface area contributed by atoms with Crippen molar-refractivity contribution in [3.8, 4) is 0 Å². The summed E-state index contributed by atoms with van der Waals surface area (Å²) in [5.41, 5.74) is 5.94. The van der Waals surface area contributed by atoms with Crippen LogP contribution in [0.1, 0.15) is 89.8 Å². The van der Waals surface area contributed by atoms with Gasteiger partial charge in [-0.3, -0.25) is 28.8 Å². The van der Waals surface area contributed by atoms with Crippen LogP contribution in [0.2, 0.25) is 0 Å². The van der Waals surface area contributed by atoms with Crippen molar-refractivity contribution in [3.05, 3.63) is 99.6 Å². The Bertz CT molecular complexity index is 2040. The van der Waals surface area contributed by atoms with Gasteiger partial charge in [0.15, 0.2) is 12.4 Å². The summed E-state index contributed by atoms with van der Waals surface area (Å²) in [6.07, 6.45) is 0.714. The molecule has 14 heteroatoms. The standard InChI is InChI=1S/C44H53N5O9/c1-24(2)38(48-40(53)33(15-10-16-36(51)52)47-41(54)34-22-30-13-7-8-14-32(30)46-34)43(56)49-20-19-29-21-25(3)17-18-31(29)39(49)42(55)45-28(6)35(50)23-58-44(57)37-26(4)11-9-12-27(37)5/h7-9,11-14,17-18,21,24,28,33-34,38-39,46H,10,15-16,19-20,22-23H2,1-6H3,(H,45,55)(H,47,54)(H,48,53)(H,51,52)/t28-,33-,34?,38-,39-/m0/s1. The van der Waals surface area contributed by atoms with Gasteiger partial charge < -0.3 is 36.0 Å². The van der Waals surface area contributed by atoms with Crippen LogP contribution in [0.4, 0.5) is 5.69 Å². The molecule has 0 radical (unpaired) electrons. The van der Waals surface area contributed by atoms with Gasteiger partial charge in [0.2, 0.25) is 23.6 Å². The highest BCUT2D eigenvalue weighted by Crippen LogP contribution is 2.32. The van der Waals surface area contributed by atoms with Crippen LogP contribution in [0.5, 0.6) is 0 Å². The van der Waals surface area contributed by atoms with Crippen LogP contribution in [0.3, 0.4) is 0 Å². The molecule has 0 spiro atoms. The molecule has 1 unspecified atom stereocenters. The number of aryl methyl sites for hydroxylation is 3. The second-order valence-corrected chi connectivity index (χ2v) is 15.6. The lowest BCUT2D eigenvalue weighted by Crippen LogP contribution is -2.59. The first-order valence-corrected chi connectivity index (χ1v) is 19.7. The molecule has 308 valence electrons. The lowest BCUT2D eigenvalue weighted by atomic mass is 9.89. The van der Waals surface area contributed by atoms with E-state index >= 15 is 0 Å². The molecule has 58 heavy (non-hydrogen) atoms. The summed E-state index contributed by atoms with van der Waals surface area (Å²) in [5.74, 6) is -4.99. The summed E-state index contributed by atoms with van der Waals surface area (Å²) >= 11 is 0. The van der Waals surface area contributed by atoms with Gasteiger partial charge in [-0.25, -0.2) is 4.79 Å². The van der Waals surface area contributed by atoms with Crippen LogP contribution in [-0.2, 0) is 46.3 Å². The zero-order valence-electron chi connectivity index (χ0n) is 33.8. The van der Waals surface area contributed by atoms with Crippen LogP contribution < -0.4 is 21.3 Å². The molecule has 0 aliphatic carbocycles. The Morgan fingerprint density at radius 3 is 2.24 bits per heavy atom. The van der Waals surface area contributed by atoms with Crippen LogP contribution in [0, 0.1) is 26.7 Å². The lowest BCUT2D eigenvalue weighted by molar-refractivity contribution is -0.146. The number of rotatable bonds is 16. The number of fused-ring (bicyclic) bond motifs is 2. The second kappa shape index (κ2) is 18.9. The highest BCUT2D eigenvalue weighted by molar-refractivity contribution is 5.99. The number of Topliss-reactive ketones (excluding diaryl/α,β-unsaturated/α-hetero) is 1. The fraction of sp³-hybridized carbons (Fsp3) is 0.432. The Labute approximate surface area is 338 Å². The van der Waals surface area contributed by atoms with Crippen molar-refractivity contribution in [1.82, 2.24) is 20.9 Å². The van der Waals surface area contributed by atoms with E-state index < -0.39 is 84.1 Å². The molecule has 14 nitrogen and oxygen atoms in total. The number of carboxylic acid groups (broad SMARTS) is 1. The lowest BCUT2D eigenvalue weighted by Gasteiger charge is -2.39. The Hall–Kier alpha value is -6.05. The molecular formula is C44H53N5O9. The third kappa shape index (κ3) is 10.3. The number of amides is 4. The van der Waals surface area contributed by atoms with Gasteiger partial charge in [-0.2, -0.15) is 0 Å². The third-order valence-corrected chi connectivity index (χ3v) is 10.8. The first-order valence-electron chi connectivity index (χ1n) is 19.7. The van der Waals surface area contributed by atoms with Gasteiger partial charge in [0.1, 0.15) is 24.2 Å². The maximum Gasteiger partial charge on any atom is 0.339 e. The predicted molar refractivity (Wildman–Crippen MR) is 216 cm³/mol. The summed E-state index contributed by atoms with van der Waals surface area (Å²) in [6, 6.07) is 13.2. The summed E-state index contributed by atoms with van der Waals surface area (Å²) in [5, 5.41) is 20.8. The molecular weight excluding hydrogens is 743 g/mol. The topological polar surface area (TPSA) is 200 Å². The molecule has 4 amide bonds. The normalized spacial score (nSPS) is 17.1. The number of aliphatic carboxylic acids is 1. The molecule has 0 aromatic heterocycles. The van der Waals surface area contributed by atoms with Gasteiger partial charge in [-0.05, 0) is 86.8 Å². The minimum Gasteiger partial charge on any atom is -0.481 e. The SMILES string of the molecule is Cc1ccc2c(c1)CCN(C(=O)[C@@H](NC(=O)[C@H](CCCC(=O)O)NC(=O)C1Cc3ccccc3N1)C(C)C)[C@@H]2C(=O)N[C@@H](C)C(=O)COC(=O)c1c(C)cccc1C. The van der Waals surface area contributed by atoms with E-state index in [1.165, 1.54) is 11.8 Å². The molecule has 0 fully saturated rings. The number of hydrogen-bond acceptors (Lipinski definition) is 9. The monoisotopic (exact) mass is 795 g/mol. The largest absolute Gasteiger partial charge is 0.481 e. The number of hydrogen-bond donors (Lipinski definition) is 5. The second-order valence-electron chi connectivity index (χ2n) is 15.6. The number of nitrogens with zero attached hydrogens (tertiary/aromatic N) is 1. The van der Waals surface area contributed by atoms with Crippen molar-refractivity contribution in [2.24, 2.45) is 5.92 Å². The molecule has 2 aliphatic rings. The van der Waals surface area contributed by atoms with Crippen LogP contribution in [0.15, 0.2) is 60.7 Å².